The van der Waals surface area contributed by atoms with E-state index in [0.29, 0.717) is 23.4 Å². The third-order valence-electron chi connectivity index (χ3n) is 4.68. The van der Waals surface area contributed by atoms with Gasteiger partial charge in [0.1, 0.15) is 30.1 Å². The van der Waals surface area contributed by atoms with E-state index >= 15 is 0 Å². The lowest BCUT2D eigenvalue weighted by molar-refractivity contribution is -0.137. The van der Waals surface area contributed by atoms with Gasteiger partial charge >= 0.3 is 6.18 Å². The van der Waals surface area contributed by atoms with E-state index in [1.165, 1.54) is 41.5 Å². The molecule has 0 aliphatic carbocycles. The SMILES string of the molecule is O=S(=O)(NCCNc1nc(Nc2ccc(F)cc2)cc(-n2cnnc2)n1)c1cccc(C(F)(F)F)c1. The van der Waals surface area contributed by atoms with Gasteiger partial charge in [-0.25, -0.2) is 17.5 Å². The van der Waals surface area contributed by atoms with E-state index in [4.69, 9.17) is 0 Å². The van der Waals surface area contributed by atoms with Crippen LogP contribution in [0.4, 0.5) is 35.0 Å². The van der Waals surface area contributed by atoms with Gasteiger partial charge in [0.05, 0.1) is 10.5 Å². The fourth-order valence-electron chi connectivity index (χ4n) is 2.99. The molecular formula is C21H18F4N8O2S. The summed E-state index contributed by atoms with van der Waals surface area (Å²) in [5.74, 6) is 0.437. The van der Waals surface area contributed by atoms with Crippen LogP contribution in [0.1, 0.15) is 5.56 Å². The molecule has 15 heteroatoms. The molecule has 10 nitrogen and oxygen atoms in total. The highest BCUT2D eigenvalue weighted by Crippen LogP contribution is 2.30. The van der Waals surface area contributed by atoms with Crippen LogP contribution in [0.25, 0.3) is 5.82 Å². The molecule has 0 aliphatic rings. The molecule has 0 fully saturated rings. The Morgan fingerprint density at radius 1 is 0.917 bits per heavy atom. The summed E-state index contributed by atoms with van der Waals surface area (Å²) in [7, 11) is -4.19. The molecule has 0 atom stereocenters. The number of aromatic nitrogens is 5. The number of nitrogens with zero attached hydrogens (tertiary/aromatic N) is 5. The quantitative estimate of drug-likeness (QED) is 0.226. The second-order valence-electron chi connectivity index (χ2n) is 7.29. The maximum absolute atomic E-state index is 13.2. The van der Waals surface area contributed by atoms with Crippen molar-refractivity contribution in [3.05, 3.63) is 78.6 Å². The predicted molar refractivity (Wildman–Crippen MR) is 122 cm³/mol. The topological polar surface area (TPSA) is 127 Å². The Kier molecular flexibility index (Phi) is 7.12. The van der Waals surface area contributed by atoms with Gasteiger partial charge in [-0.2, -0.15) is 23.1 Å². The molecule has 2 heterocycles. The van der Waals surface area contributed by atoms with Gasteiger partial charge in [-0.15, -0.1) is 10.2 Å². The van der Waals surface area contributed by atoms with Crippen molar-refractivity contribution in [2.75, 3.05) is 23.7 Å². The van der Waals surface area contributed by atoms with E-state index in [2.05, 4.69) is 35.5 Å². The molecule has 0 bridgehead atoms. The van der Waals surface area contributed by atoms with E-state index < -0.39 is 32.5 Å². The number of nitrogens with one attached hydrogen (secondary N) is 3. The fourth-order valence-corrected chi connectivity index (χ4v) is 4.07. The summed E-state index contributed by atoms with van der Waals surface area (Å²) in [6, 6.07) is 10.6. The van der Waals surface area contributed by atoms with Crippen molar-refractivity contribution >= 4 is 27.5 Å². The van der Waals surface area contributed by atoms with Crippen molar-refractivity contribution in [2.24, 2.45) is 0 Å². The first-order valence-corrected chi connectivity index (χ1v) is 11.8. The van der Waals surface area contributed by atoms with E-state index in [1.807, 2.05) is 0 Å². The van der Waals surface area contributed by atoms with Crippen LogP contribution in [0.3, 0.4) is 0 Å². The van der Waals surface area contributed by atoms with Crippen LogP contribution in [0.15, 0.2) is 72.1 Å². The molecule has 0 saturated heterocycles. The standard InChI is InChI=1S/C21H18F4N8O2S/c22-15-4-6-16(7-5-15)30-18-11-19(33-12-27-28-13-33)32-20(31-18)26-8-9-29-36(34,35)17-3-1-2-14(10-17)21(23,24)25/h1-7,10-13,29H,8-9H2,(H2,26,30,31,32). The summed E-state index contributed by atoms with van der Waals surface area (Å²) in [5.41, 5.74) is -0.506. The molecule has 188 valence electrons. The first-order chi connectivity index (χ1) is 17.1. The molecule has 0 amide bonds. The molecule has 0 aliphatic heterocycles. The predicted octanol–water partition coefficient (Wildman–Crippen LogP) is 3.35. The molecule has 0 unspecified atom stereocenters. The Morgan fingerprint density at radius 2 is 1.64 bits per heavy atom. The Morgan fingerprint density at radius 3 is 2.33 bits per heavy atom. The van der Waals surface area contributed by atoms with Crippen molar-refractivity contribution in [1.29, 1.82) is 0 Å². The van der Waals surface area contributed by atoms with Gasteiger partial charge in [0.15, 0.2) is 0 Å². The summed E-state index contributed by atoms with van der Waals surface area (Å²) in [4.78, 5) is 8.12. The maximum atomic E-state index is 13.2. The number of hydrogen-bond acceptors (Lipinski definition) is 8. The Balaban J connectivity index is 1.45. The van der Waals surface area contributed by atoms with Crippen LogP contribution in [-0.4, -0.2) is 46.2 Å². The second kappa shape index (κ2) is 10.2. The van der Waals surface area contributed by atoms with Crippen LogP contribution < -0.4 is 15.4 Å². The smallest absolute Gasteiger partial charge is 0.353 e. The Hall–Kier alpha value is -4.11. The number of benzene rings is 2. The number of hydrogen-bond donors (Lipinski definition) is 3. The van der Waals surface area contributed by atoms with Gasteiger partial charge in [0.25, 0.3) is 0 Å². The first-order valence-electron chi connectivity index (χ1n) is 10.3. The van der Waals surface area contributed by atoms with Crippen LogP contribution in [0.5, 0.6) is 0 Å². The average Bonchev–Trinajstić information content (AvgIpc) is 3.38. The van der Waals surface area contributed by atoms with Crippen molar-refractivity contribution in [2.45, 2.75) is 11.1 Å². The second-order valence-corrected chi connectivity index (χ2v) is 9.05. The minimum absolute atomic E-state index is 0.0137. The maximum Gasteiger partial charge on any atom is 0.416 e. The molecule has 4 aromatic rings. The van der Waals surface area contributed by atoms with Crippen LogP contribution in [0, 0.1) is 5.82 Å². The summed E-state index contributed by atoms with van der Waals surface area (Å²) >= 11 is 0. The fraction of sp³-hybridized carbons (Fsp3) is 0.143. The normalized spacial score (nSPS) is 11.9. The highest BCUT2D eigenvalue weighted by Gasteiger charge is 2.31. The summed E-state index contributed by atoms with van der Waals surface area (Å²) in [6.45, 7) is -0.153. The molecule has 4 rings (SSSR count). The third-order valence-corrected chi connectivity index (χ3v) is 6.14. The number of sulfonamides is 1. The van der Waals surface area contributed by atoms with Gasteiger partial charge in [-0.05, 0) is 42.5 Å². The van der Waals surface area contributed by atoms with Crippen molar-refractivity contribution in [3.63, 3.8) is 0 Å². The zero-order valence-corrected chi connectivity index (χ0v) is 19.1. The molecule has 0 radical (unpaired) electrons. The Labute approximate surface area is 202 Å². The lowest BCUT2D eigenvalue weighted by Gasteiger charge is -2.12. The van der Waals surface area contributed by atoms with Crippen molar-refractivity contribution < 1.29 is 26.0 Å². The van der Waals surface area contributed by atoms with Crippen molar-refractivity contribution in [1.82, 2.24) is 29.5 Å². The van der Waals surface area contributed by atoms with E-state index in [9.17, 15) is 26.0 Å². The minimum atomic E-state index is -4.67. The number of alkyl halides is 3. The first kappa shape index (κ1) is 25.0. The van der Waals surface area contributed by atoms with Gasteiger partial charge < -0.3 is 10.6 Å². The molecular weight excluding hydrogens is 504 g/mol. The van der Waals surface area contributed by atoms with E-state index in [1.54, 1.807) is 6.07 Å². The van der Waals surface area contributed by atoms with Gasteiger partial charge in [-0.1, -0.05) is 6.07 Å². The largest absolute Gasteiger partial charge is 0.416 e. The number of halogens is 4. The molecule has 36 heavy (non-hydrogen) atoms. The summed E-state index contributed by atoms with van der Waals surface area (Å²) in [6.07, 6.45) is -1.84. The van der Waals surface area contributed by atoms with Crippen LogP contribution >= 0.6 is 0 Å². The molecule has 2 aromatic carbocycles. The highest BCUT2D eigenvalue weighted by molar-refractivity contribution is 7.89. The highest BCUT2D eigenvalue weighted by atomic mass is 32.2. The minimum Gasteiger partial charge on any atom is -0.353 e. The average molecular weight is 522 g/mol. The zero-order valence-electron chi connectivity index (χ0n) is 18.2. The summed E-state index contributed by atoms with van der Waals surface area (Å²) in [5, 5.41) is 13.3. The van der Waals surface area contributed by atoms with Gasteiger partial charge in [0, 0.05) is 24.8 Å². The van der Waals surface area contributed by atoms with Crippen molar-refractivity contribution in [3.8, 4) is 5.82 Å². The number of rotatable bonds is 9. The van der Waals surface area contributed by atoms with Gasteiger partial charge in [-0.3, -0.25) is 4.57 Å². The van der Waals surface area contributed by atoms with E-state index in [-0.39, 0.29) is 19.0 Å². The van der Waals surface area contributed by atoms with Crippen LogP contribution in [-0.2, 0) is 16.2 Å². The molecule has 0 spiro atoms. The lowest BCUT2D eigenvalue weighted by Crippen LogP contribution is -2.29. The Bertz CT molecular complexity index is 1430. The monoisotopic (exact) mass is 522 g/mol. The summed E-state index contributed by atoms with van der Waals surface area (Å²) < 4.78 is 80.5. The molecule has 0 saturated carbocycles. The third kappa shape index (κ3) is 6.31. The van der Waals surface area contributed by atoms with Gasteiger partial charge in [0.2, 0.25) is 16.0 Å². The zero-order chi connectivity index (χ0) is 25.8. The van der Waals surface area contributed by atoms with Crippen LogP contribution in [0.2, 0.25) is 0 Å². The van der Waals surface area contributed by atoms with E-state index in [0.717, 1.165) is 18.2 Å². The lowest BCUT2D eigenvalue weighted by atomic mass is 10.2. The number of anilines is 3. The molecule has 2 aromatic heterocycles. The molecule has 3 N–H and O–H groups in total.